The van der Waals surface area contributed by atoms with Crippen LogP contribution in [-0.4, -0.2) is 11.1 Å². The number of anilines is 2. The van der Waals surface area contributed by atoms with Crippen LogP contribution in [0.1, 0.15) is 17.3 Å². The summed E-state index contributed by atoms with van der Waals surface area (Å²) in [6, 6.07) is 12.2. The van der Waals surface area contributed by atoms with Crippen molar-refractivity contribution in [3.63, 3.8) is 0 Å². The zero-order chi connectivity index (χ0) is 13.1. The normalized spacial score (nSPS) is 9.58. The van der Waals surface area contributed by atoms with E-state index in [-0.39, 0.29) is 36.5 Å². The van der Waals surface area contributed by atoms with E-state index in [0.29, 0.717) is 10.7 Å². The molecule has 0 heterocycles. The minimum absolute atomic E-state index is 0. The monoisotopic (exact) mass is 285 g/mol. The second kappa shape index (κ2) is 6.96. The average Bonchev–Trinajstić information content (AvgIpc) is 2.35. The molecule has 2 N–H and O–H groups in total. The van der Waals surface area contributed by atoms with Crippen molar-refractivity contribution in [1.82, 2.24) is 0 Å². The maximum atomic E-state index is 11.1. The molecule has 94 valence electrons. The standard InChI is InChI=1S/C14H12ClNO2.Na.H/c1-9-11(15)6-4-8-12(9)16-13-7-3-2-5-10(13)14(17)18;;/h2-8,16H,1H3,(H,17,18);;/q;+1;-1. The van der Waals surface area contributed by atoms with Gasteiger partial charge in [0.2, 0.25) is 0 Å². The molecule has 3 nitrogen and oxygen atoms in total. The van der Waals surface area contributed by atoms with Gasteiger partial charge < -0.3 is 11.8 Å². The molecule has 0 saturated heterocycles. The molecule has 2 aromatic rings. The van der Waals surface area contributed by atoms with Crippen molar-refractivity contribution in [2.45, 2.75) is 6.92 Å². The van der Waals surface area contributed by atoms with Crippen molar-refractivity contribution in [3.05, 3.63) is 58.6 Å². The molecule has 0 saturated carbocycles. The van der Waals surface area contributed by atoms with Crippen molar-refractivity contribution < 1.29 is 40.9 Å². The summed E-state index contributed by atoms with van der Waals surface area (Å²) in [4.78, 5) is 11.1. The van der Waals surface area contributed by atoms with Crippen LogP contribution < -0.4 is 34.9 Å². The third-order valence-corrected chi connectivity index (χ3v) is 3.10. The van der Waals surface area contributed by atoms with Gasteiger partial charge >= 0.3 is 35.5 Å². The fourth-order valence-corrected chi connectivity index (χ4v) is 1.84. The van der Waals surface area contributed by atoms with Gasteiger partial charge in [-0.2, -0.15) is 0 Å². The van der Waals surface area contributed by atoms with Crippen molar-refractivity contribution in [2.24, 2.45) is 0 Å². The van der Waals surface area contributed by atoms with Gasteiger partial charge in [-0.3, -0.25) is 0 Å². The number of rotatable bonds is 3. The number of hydrogen-bond acceptors (Lipinski definition) is 2. The van der Waals surface area contributed by atoms with E-state index < -0.39 is 5.97 Å². The predicted molar refractivity (Wildman–Crippen MR) is 74.0 cm³/mol. The molecule has 0 amide bonds. The van der Waals surface area contributed by atoms with E-state index in [4.69, 9.17) is 16.7 Å². The van der Waals surface area contributed by atoms with Gasteiger partial charge in [0.15, 0.2) is 0 Å². The Morgan fingerprint density at radius 1 is 1.16 bits per heavy atom. The maximum absolute atomic E-state index is 11.1. The number of para-hydroxylation sites is 1. The Kier molecular flexibility index (Phi) is 5.88. The number of carboxylic acid groups (broad SMARTS) is 1. The number of benzene rings is 2. The third-order valence-electron chi connectivity index (χ3n) is 2.69. The zero-order valence-corrected chi connectivity index (χ0v) is 13.5. The Labute approximate surface area is 140 Å². The Balaban J connectivity index is 0.00000180. The van der Waals surface area contributed by atoms with Gasteiger partial charge in [-0.15, -0.1) is 0 Å². The fourth-order valence-electron chi connectivity index (χ4n) is 1.67. The number of nitrogens with one attached hydrogen (secondary N) is 1. The minimum atomic E-state index is -0.960. The number of hydrogen-bond donors (Lipinski definition) is 2. The second-order valence-corrected chi connectivity index (χ2v) is 4.30. The number of aromatic carboxylic acids is 1. The summed E-state index contributed by atoms with van der Waals surface area (Å²) in [7, 11) is 0. The molecule has 0 radical (unpaired) electrons. The quantitative estimate of drug-likeness (QED) is 0.834. The first-order valence-corrected chi connectivity index (χ1v) is 5.82. The first-order valence-electron chi connectivity index (χ1n) is 5.44. The van der Waals surface area contributed by atoms with Crippen LogP contribution >= 0.6 is 11.6 Å². The predicted octanol–water partition coefficient (Wildman–Crippen LogP) is 1.21. The topological polar surface area (TPSA) is 49.3 Å². The van der Waals surface area contributed by atoms with Crippen LogP contribution in [0.25, 0.3) is 0 Å². The van der Waals surface area contributed by atoms with Crippen molar-refractivity contribution >= 4 is 28.9 Å². The van der Waals surface area contributed by atoms with Crippen LogP contribution in [0.15, 0.2) is 42.5 Å². The van der Waals surface area contributed by atoms with Crippen LogP contribution in [0.3, 0.4) is 0 Å². The summed E-state index contributed by atoms with van der Waals surface area (Å²) in [6.45, 7) is 1.88. The second-order valence-electron chi connectivity index (χ2n) is 3.89. The molecule has 0 aliphatic carbocycles. The summed E-state index contributed by atoms with van der Waals surface area (Å²) >= 11 is 6.03. The molecule has 19 heavy (non-hydrogen) atoms. The zero-order valence-electron chi connectivity index (χ0n) is 11.8. The Morgan fingerprint density at radius 2 is 1.79 bits per heavy atom. The molecule has 0 aromatic heterocycles. The summed E-state index contributed by atoms with van der Waals surface area (Å²) in [5.74, 6) is -0.960. The maximum Gasteiger partial charge on any atom is 1.00 e. The fraction of sp³-hybridized carbons (Fsp3) is 0.0714. The molecular weight excluding hydrogens is 273 g/mol. The largest absolute Gasteiger partial charge is 1.00 e. The van der Waals surface area contributed by atoms with E-state index in [0.717, 1.165) is 11.3 Å². The molecule has 0 unspecified atom stereocenters. The smallest absolute Gasteiger partial charge is 1.00 e. The molecule has 0 aliphatic rings. The van der Waals surface area contributed by atoms with Crippen molar-refractivity contribution in [1.29, 1.82) is 0 Å². The van der Waals surface area contributed by atoms with Gasteiger partial charge in [0.25, 0.3) is 0 Å². The molecule has 5 heteroatoms. The van der Waals surface area contributed by atoms with E-state index in [2.05, 4.69) is 5.32 Å². The third kappa shape index (κ3) is 3.74. The molecular formula is C14H13ClNNaO2. The first kappa shape index (κ1) is 16.1. The molecule has 0 fully saturated rings. The summed E-state index contributed by atoms with van der Waals surface area (Å²) in [5, 5.41) is 12.8. The first-order chi connectivity index (χ1) is 8.59. The molecule has 2 rings (SSSR count). The van der Waals surface area contributed by atoms with Crippen LogP contribution in [-0.2, 0) is 0 Å². The molecule has 0 spiro atoms. The Hall–Kier alpha value is -1.000. The van der Waals surface area contributed by atoms with E-state index in [9.17, 15) is 4.79 Å². The van der Waals surface area contributed by atoms with Crippen LogP contribution in [0.4, 0.5) is 11.4 Å². The van der Waals surface area contributed by atoms with Gasteiger partial charge in [0, 0.05) is 10.7 Å². The van der Waals surface area contributed by atoms with Gasteiger partial charge in [-0.25, -0.2) is 4.79 Å². The number of carboxylic acids is 1. The van der Waals surface area contributed by atoms with Gasteiger partial charge in [0.05, 0.1) is 11.3 Å². The summed E-state index contributed by atoms with van der Waals surface area (Å²) < 4.78 is 0. The van der Waals surface area contributed by atoms with E-state index in [1.165, 1.54) is 0 Å². The van der Waals surface area contributed by atoms with Crippen molar-refractivity contribution in [3.8, 4) is 0 Å². The Bertz CT molecular complexity index is 607. The van der Waals surface area contributed by atoms with Gasteiger partial charge in [-0.1, -0.05) is 29.8 Å². The minimum Gasteiger partial charge on any atom is -1.00 e. The summed E-state index contributed by atoms with van der Waals surface area (Å²) in [5.41, 5.74) is 2.47. The molecule has 0 atom stereocenters. The van der Waals surface area contributed by atoms with E-state index in [1.807, 2.05) is 19.1 Å². The van der Waals surface area contributed by atoms with E-state index in [1.54, 1.807) is 30.3 Å². The van der Waals surface area contributed by atoms with Crippen molar-refractivity contribution in [2.75, 3.05) is 5.32 Å². The number of carbonyl (C=O) groups is 1. The van der Waals surface area contributed by atoms with Crippen LogP contribution in [0, 0.1) is 6.92 Å². The number of halogens is 1. The van der Waals surface area contributed by atoms with E-state index >= 15 is 0 Å². The molecule has 0 aliphatic heterocycles. The van der Waals surface area contributed by atoms with Crippen LogP contribution in [0.5, 0.6) is 0 Å². The van der Waals surface area contributed by atoms with Gasteiger partial charge in [-0.05, 0) is 36.8 Å². The average molecular weight is 286 g/mol. The molecule has 2 aromatic carbocycles. The molecule has 0 bridgehead atoms. The van der Waals surface area contributed by atoms with Gasteiger partial charge in [0.1, 0.15) is 0 Å². The summed E-state index contributed by atoms with van der Waals surface area (Å²) in [6.07, 6.45) is 0. The SMILES string of the molecule is Cc1c(Cl)cccc1Nc1ccccc1C(=O)O.[H-].[Na+]. The van der Waals surface area contributed by atoms with Crippen LogP contribution in [0.2, 0.25) is 5.02 Å². The Morgan fingerprint density at radius 3 is 2.47 bits per heavy atom.